The summed E-state index contributed by atoms with van der Waals surface area (Å²) in [5.74, 6) is -0.819. The lowest BCUT2D eigenvalue weighted by molar-refractivity contribution is -0.115. The summed E-state index contributed by atoms with van der Waals surface area (Å²) in [6.07, 6.45) is 0. The van der Waals surface area contributed by atoms with Crippen LogP contribution in [0, 0.1) is 0 Å². The number of nitrogens with zero attached hydrogens (tertiary/aromatic N) is 1. The third kappa shape index (κ3) is 3.53. The molecule has 0 spiro atoms. The fourth-order valence-electron chi connectivity index (χ4n) is 1.98. The molecule has 1 aromatic heterocycles. The molecule has 0 fully saturated rings. The van der Waals surface area contributed by atoms with E-state index < -0.39 is 9.70 Å². The van der Waals surface area contributed by atoms with Gasteiger partial charge < -0.3 is 10.4 Å². The Labute approximate surface area is 150 Å². The molecule has 3 rings (SSSR count). The fourth-order valence-corrected chi connectivity index (χ4v) is 3.12. The molecule has 1 amide bonds. The standard InChI is InChI=1S/C15H9Cl3N2O2S/c16-15(17,18)14(22)19-8-5-6-9(11(21)7-8)13-20-10-3-1-2-4-12(10)23-13/h1-7,21H,(H,19,22). The zero-order valence-electron chi connectivity index (χ0n) is 11.4. The Bertz CT molecular complexity index is 857. The Kier molecular flexibility index (Phi) is 4.38. The topological polar surface area (TPSA) is 62.2 Å². The molecule has 0 bridgehead atoms. The van der Waals surface area contributed by atoms with Crippen molar-refractivity contribution in [2.24, 2.45) is 0 Å². The number of fused-ring (bicyclic) bond motifs is 1. The third-order valence-corrected chi connectivity index (χ3v) is 4.62. The van der Waals surface area contributed by atoms with Gasteiger partial charge in [-0.1, -0.05) is 46.9 Å². The van der Waals surface area contributed by atoms with Gasteiger partial charge in [0.25, 0.3) is 9.70 Å². The molecule has 2 N–H and O–H groups in total. The number of carbonyl (C=O) groups excluding carboxylic acids is 1. The number of phenolic OH excluding ortho intramolecular Hbond substituents is 1. The Morgan fingerprint density at radius 1 is 1.17 bits per heavy atom. The molecule has 118 valence electrons. The molecule has 23 heavy (non-hydrogen) atoms. The summed E-state index contributed by atoms with van der Waals surface area (Å²) in [5.41, 5.74) is 1.75. The number of benzene rings is 2. The van der Waals surface area contributed by atoms with Crippen molar-refractivity contribution in [3.8, 4) is 16.3 Å². The number of aromatic nitrogens is 1. The van der Waals surface area contributed by atoms with Gasteiger partial charge in [0.1, 0.15) is 10.8 Å². The molecule has 0 radical (unpaired) electrons. The Morgan fingerprint density at radius 3 is 2.57 bits per heavy atom. The van der Waals surface area contributed by atoms with Gasteiger partial charge in [0.15, 0.2) is 0 Å². The van der Waals surface area contributed by atoms with Gasteiger partial charge in [-0.3, -0.25) is 4.79 Å². The molecule has 0 saturated heterocycles. The lowest BCUT2D eigenvalue weighted by Gasteiger charge is -2.12. The van der Waals surface area contributed by atoms with Gasteiger partial charge in [-0.25, -0.2) is 4.98 Å². The number of carbonyl (C=O) groups is 1. The van der Waals surface area contributed by atoms with E-state index in [2.05, 4.69) is 10.3 Å². The first-order valence-corrected chi connectivity index (χ1v) is 8.37. The van der Waals surface area contributed by atoms with E-state index >= 15 is 0 Å². The zero-order chi connectivity index (χ0) is 16.6. The molecule has 1 heterocycles. The van der Waals surface area contributed by atoms with Crippen LogP contribution in [0.15, 0.2) is 42.5 Å². The molecule has 3 aromatic rings. The molecule has 8 heteroatoms. The predicted molar refractivity (Wildman–Crippen MR) is 95.6 cm³/mol. The SMILES string of the molecule is O=C(Nc1ccc(-c2nc3ccccc3s2)c(O)c1)C(Cl)(Cl)Cl. The maximum atomic E-state index is 11.6. The van der Waals surface area contributed by atoms with Crippen LogP contribution in [0.2, 0.25) is 0 Å². The summed E-state index contributed by atoms with van der Waals surface area (Å²) in [7, 11) is 0. The molecule has 2 aromatic carbocycles. The highest BCUT2D eigenvalue weighted by Gasteiger charge is 2.30. The molecule has 0 unspecified atom stereocenters. The summed E-state index contributed by atoms with van der Waals surface area (Å²) >= 11 is 17.9. The first kappa shape index (κ1) is 16.3. The fraction of sp³-hybridized carbons (Fsp3) is 0.0667. The van der Waals surface area contributed by atoms with Gasteiger partial charge in [-0.2, -0.15) is 0 Å². The molecule has 0 atom stereocenters. The van der Waals surface area contributed by atoms with Crippen molar-refractivity contribution >= 4 is 68.0 Å². The highest BCUT2D eigenvalue weighted by molar-refractivity contribution is 7.21. The van der Waals surface area contributed by atoms with Crippen LogP contribution in [0.25, 0.3) is 20.8 Å². The molecular weight excluding hydrogens is 379 g/mol. The molecule has 0 aliphatic carbocycles. The van der Waals surface area contributed by atoms with Crippen LogP contribution in [-0.2, 0) is 4.79 Å². The quantitative estimate of drug-likeness (QED) is 0.610. The van der Waals surface area contributed by atoms with E-state index in [0.29, 0.717) is 16.3 Å². The molecule has 0 aliphatic rings. The monoisotopic (exact) mass is 386 g/mol. The normalized spacial score (nSPS) is 11.6. The van der Waals surface area contributed by atoms with Crippen LogP contribution < -0.4 is 5.32 Å². The van der Waals surface area contributed by atoms with Crippen LogP contribution >= 0.6 is 46.1 Å². The maximum absolute atomic E-state index is 11.6. The summed E-state index contributed by atoms with van der Waals surface area (Å²) in [5, 5.41) is 13.3. The van der Waals surface area contributed by atoms with Gasteiger partial charge in [-0.15, -0.1) is 11.3 Å². The highest BCUT2D eigenvalue weighted by Crippen LogP contribution is 2.37. The number of amides is 1. The third-order valence-electron chi connectivity index (χ3n) is 3.04. The van der Waals surface area contributed by atoms with Crippen LogP contribution in [0.5, 0.6) is 5.75 Å². The van der Waals surface area contributed by atoms with Gasteiger partial charge in [0.05, 0.1) is 15.8 Å². The maximum Gasteiger partial charge on any atom is 0.276 e. The number of nitrogens with one attached hydrogen (secondary N) is 1. The van der Waals surface area contributed by atoms with Crippen LogP contribution in [0.4, 0.5) is 5.69 Å². The van der Waals surface area contributed by atoms with Crippen molar-refractivity contribution in [2.45, 2.75) is 3.79 Å². The number of alkyl halides is 3. The highest BCUT2D eigenvalue weighted by atomic mass is 35.6. The van der Waals surface area contributed by atoms with Crippen molar-refractivity contribution in [1.29, 1.82) is 0 Å². The number of hydrogen-bond acceptors (Lipinski definition) is 4. The van der Waals surface area contributed by atoms with Crippen molar-refractivity contribution in [3.63, 3.8) is 0 Å². The minimum Gasteiger partial charge on any atom is -0.507 e. The lowest BCUT2D eigenvalue weighted by Crippen LogP contribution is -2.26. The van der Waals surface area contributed by atoms with Crippen molar-refractivity contribution < 1.29 is 9.90 Å². The number of anilines is 1. The number of aromatic hydroxyl groups is 1. The lowest BCUT2D eigenvalue weighted by atomic mass is 10.2. The van der Waals surface area contributed by atoms with Gasteiger partial charge in [0.2, 0.25) is 0 Å². The second-order valence-corrected chi connectivity index (χ2v) is 7.98. The number of phenols is 1. The van der Waals surface area contributed by atoms with Gasteiger partial charge >= 0.3 is 0 Å². The second kappa shape index (κ2) is 6.17. The minimum atomic E-state index is -2.07. The van der Waals surface area contributed by atoms with Crippen molar-refractivity contribution in [2.75, 3.05) is 5.32 Å². The van der Waals surface area contributed by atoms with Gasteiger partial charge in [-0.05, 0) is 24.3 Å². The summed E-state index contributed by atoms with van der Waals surface area (Å²) in [6.45, 7) is 0. The average Bonchev–Trinajstić information content (AvgIpc) is 2.89. The first-order valence-electron chi connectivity index (χ1n) is 6.42. The van der Waals surface area contributed by atoms with Crippen LogP contribution in [0.1, 0.15) is 0 Å². The Morgan fingerprint density at radius 2 is 1.91 bits per heavy atom. The Balaban J connectivity index is 1.91. The van der Waals surface area contributed by atoms with Crippen molar-refractivity contribution in [1.82, 2.24) is 4.98 Å². The Hall–Kier alpha value is -1.53. The summed E-state index contributed by atoms with van der Waals surface area (Å²) in [6, 6.07) is 12.3. The predicted octanol–water partition coefficient (Wildman–Crippen LogP) is 4.98. The smallest absolute Gasteiger partial charge is 0.276 e. The number of para-hydroxylation sites is 1. The van der Waals surface area contributed by atoms with E-state index in [1.807, 2.05) is 24.3 Å². The molecular formula is C15H9Cl3N2O2S. The minimum absolute atomic E-state index is 0.0221. The van der Waals surface area contributed by atoms with Crippen LogP contribution in [-0.4, -0.2) is 19.8 Å². The van der Waals surface area contributed by atoms with Gasteiger partial charge in [0, 0.05) is 11.8 Å². The van der Waals surface area contributed by atoms with E-state index in [0.717, 1.165) is 10.2 Å². The zero-order valence-corrected chi connectivity index (χ0v) is 14.5. The largest absolute Gasteiger partial charge is 0.507 e. The van der Waals surface area contributed by atoms with E-state index in [9.17, 15) is 9.90 Å². The van der Waals surface area contributed by atoms with E-state index in [4.69, 9.17) is 34.8 Å². The van der Waals surface area contributed by atoms with Crippen molar-refractivity contribution in [3.05, 3.63) is 42.5 Å². The number of thiazole rings is 1. The number of halogens is 3. The summed E-state index contributed by atoms with van der Waals surface area (Å²) in [4.78, 5) is 16.1. The second-order valence-electron chi connectivity index (χ2n) is 4.67. The average molecular weight is 388 g/mol. The molecule has 0 saturated carbocycles. The van der Waals surface area contributed by atoms with E-state index in [-0.39, 0.29) is 5.75 Å². The number of rotatable bonds is 2. The summed E-state index contributed by atoms with van der Waals surface area (Å²) < 4.78 is -1.04. The van der Waals surface area contributed by atoms with E-state index in [1.54, 1.807) is 12.1 Å². The number of hydrogen-bond donors (Lipinski definition) is 2. The van der Waals surface area contributed by atoms with E-state index in [1.165, 1.54) is 17.4 Å². The molecule has 4 nitrogen and oxygen atoms in total. The molecule has 0 aliphatic heterocycles. The van der Waals surface area contributed by atoms with Crippen LogP contribution in [0.3, 0.4) is 0 Å². The first-order chi connectivity index (χ1) is 10.8.